The van der Waals surface area contributed by atoms with Gasteiger partial charge >= 0.3 is 0 Å². The largest absolute Gasteiger partial charge is 0.301 e. The van der Waals surface area contributed by atoms with Crippen LogP contribution in [0.1, 0.15) is 24.0 Å². The van der Waals surface area contributed by atoms with Gasteiger partial charge in [0.25, 0.3) is 0 Å². The van der Waals surface area contributed by atoms with Gasteiger partial charge in [0.15, 0.2) is 0 Å². The highest BCUT2D eigenvalue weighted by molar-refractivity contribution is 5.31. The van der Waals surface area contributed by atoms with Crippen LogP contribution in [0.4, 0.5) is 4.39 Å². The second kappa shape index (κ2) is 6.30. The molecule has 2 aliphatic heterocycles. The minimum atomic E-state index is -0.156. The summed E-state index contributed by atoms with van der Waals surface area (Å²) in [4.78, 5) is 5.06. The van der Waals surface area contributed by atoms with Crippen LogP contribution in [0.2, 0.25) is 0 Å². The van der Waals surface area contributed by atoms with Crippen molar-refractivity contribution in [2.45, 2.75) is 30.8 Å². The van der Waals surface area contributed by atoms with E-state index in [1.807, 2.05) is 12.1 Å². The van der Waals surface area contributed by atoms with E-state index in [2.05, 4.69) is 47.2 Å². The monoisotopic (exact) mass is 324 g/mol. The van der Waals surface area contributed by atoms with Crippen LogP contribution in [0.15, 0.2) is 54.6 Å². The van der Waals surface area contributed by atoms with Gasteiger partial charge in [0, 0.05) is 24.5 Å². The summed E-state index contributed by atoms with van der Waals surface area (Å²) in [5.74, 6) is -0.156. The summed E-state index contributed by atoms with van der Waals surface area (Å²) >= 11 is 0. The molecule has 2 nitrogen and oxygen atoms in total. The van der Waals surface area contributed by atoms with Gasteiger partial charge in [-0.25, -0.2) is 4.39 Å². The van der Waals surface area contributed by atoms with Crippen molar-refractivity contribution in [2.75, 3.05) is 26.7 Å². The average Bonchev–Trinajstić information content (AvgIpc) is 2.96. The molecule has 0 saturated carbocycles. The standard InChI is InChI=1S/C21H25FN2/c1-23-13-11-21(18-5-3-2-4-6-18)12-14-24(16-20(21)23)15-17-7-9-19(22)10-8-17/h2-10,20H,11-16H2,1H3/t20-,21-/m1/s1. The molecule has 2 atom stereocenters. The van der Waals surface area contributed by atoms with Gasteiger partial charge in [0.05, 0.1) is 0 Å². The highest BCUT2D eigenvalue weighted by Gasteiger charge is 2.49. The molecule has 126 valence electrons. The van der Waals surface area contributed by atoms with Crippen molar-refractivity contribution in [2.24, 2.45) is 0 Å². The molecule has 0 N–H and O–H groups in total. The van der Waals surface area contributed by atoms with E-state index in [9.17, 15) is 4.39 Å². The summed E-state index contributed by atoms with van der Waals surface area (Å²) < 4.78 is 13.1. The molecule has 2 fully saturated rings. The van der Waals surface area contributed by atoms with Crippen molar-refractivity contribution < 1.29 is 4.39 Å². The van der Waals surface area contributed by atoms with Gasteiger partial charge in [-0.15, -0.1) is 0 Å². The molecule has 2 aromatic rings. The first-order valence-corrected chi connectivity index (χ1v) is 8.90. The number of halogens is 1. The molecule has 0 amide bonds. The predicted molar refractivity (Wildman–Crippen MR) is 95.4 cm³/mol. The van der Waals surface area contributed by atoms with Gasteiger partial charge in [0.2, 0.25) is 0 Å². The fourth-order valence-electron chi connectivity index (χ4n) is 4.66. The Morgan fingerprint density at radius 3 is 2.46 bits per heavy atom. The van der Waals surface area contributed by atoms with E-state index in [-0.39, 0.29) is 5.82 Å². The molecule has 0 aliphatic carbocycles. The Hall–Kier alpha value is -1.71. The van der Waals surface area contributed by atoms with Crippen LogP contribution in [-0.4, -0.2) is 42.5 Å². The average molecular weight is 324 g/mol. The topological polar surface area (TPSA) is 6.48 Å². The Balaban J connectivity index is 1.54. The molecule has 4 rings (SSSR count). The Labute approximate surface area is 143 Å². The molecule has 2 saturated heterocycles. The van der Waals surface area contributed by atoms with Gasteiger partial charge in [-0.1, -0.05) is 42.5 Å². The first-order valence-electron chi connectivity index (χ1n) is 8.90. The van der Waals surface area contributed by atoms with Crippen molar-refractivity contribution in [3.05, 3.63) is 71.5 Å². The van der Waals surface area contributed by atoms with Crippen LogP contribution in [0, 0.1) is 5.82 Å². The normalized spacial score (nSPS) is 28.0. The van der Waals surface area contributed by atoms with Crippen LogP contribution < -0.4 is 0 Å². The van der Waals surface area contributed by atoms with E-state index in [0.29, 0.717) is 11.5 Å². The first kappa shape index (κ1) is 15.8. The van der Waals surface area contributed by atoms with Crippen LogP contribution in [0.25, 0.3) is 0 Å². The summed E-state index contributed by atoms with van der Waals surface area (Å²) in [6, 6.07) is 18.6. The highest BCUT2D eigenvalue weighted by atomic mass is 19.1. The van der Waals surface area contributed by atoms with Gasteiger partial charge in [0.1, 0.15) is 5.82 Å². The second-order valence-corrected chi connectivity index (χ2v) is 7.38. The maximum absolute atomic E-state index is 13.1. The van der Waals surface area contributed by atoms with Crippen LogP contribution in [0.3, 0.4) is 0 Å². The quantitative estimate of drug-likeness (QED) is 0.850. The summed E-state index contributed by atoms with van der Waals surface area (Å²) in [6.07, 6.45) is 2.45. The van der Waals surface area contributed by atoms with Gasteiger partial charge in [-0.2, -0.15) is 0 Å². The molecule has 0 aromatic heterocycles. The van der Waals surface area contributed by atoms with E-state index in [4.69, 9.17) is 0 Å². The molecule has 2 aliphatic rings. The molecular formula is C21H25FN2. The molecule has 2 heterocycles. The first-order chi connectivity index (χ1) is 11.7. The zero-order valence-electron chi connectivity index (χ0n) is 14.3. The van der Waals surface area contributed by atoms with Gasteiger partial charge < -0.3 is 4.90 Å². The Morgan fingerprint density at radius 2 is 1.71 bits per heavy atom. The lowest BCUT2D eigenvalue weighted by Crippen LogP contribution is -2.54. The van der Waals surface area contributed by atoms with E-state index in [1.54, 1.807) is 12.1 Å². The number of hydrogen-bond donors (Lipinski definition) is 0. The molecule has 0 spiro atoms. The number of hydrogen-bond acceptors (Lipinski definition) is 2. The molecule has 2 aromatic carbocycles. The van der Waals surface area contributed by atoms with Crippen molar-refractivity contribution in [1.82, 2.24) is 9.80 Å². The van der Waals surface area contributed by atoms with E-state index in [1.165, 1.54) is 30.5 Å². The number of benzene rings is 2. The lowest BCUT2D eigenvalue weighted by molar-refractivity contribution is 0.0917. The fourth-order valence-corrected chi connectivity index (χ4v) is 4.66. The second-order valence-electron chi connectivity index (χ2n) is 7.38. The number of fused-ring (bicyclic) bond motifs is 1. The van der Waals surface area contributed by atoms with Crippen molar-refractivity contribution in [3.63, 3.8) is 0 Å². The van der Waals surface area contributed by atoms with Gasteiger partial charge in [-0.05, 0) is 56.2 Å². The van der Waals surface area contributed by atoms with Crippen LogP contribution in [-0.2, 0) is 12.0 Å². The minimum absolute atomic E-state index is 0.156. The number of likely N-dealkylation sites (N-methyl/N-ethyl adjacent to an activating group) is 1. The number of rotatable bonds is 3. The number of likely N-dealkylation sites (tertiary alicyclic amines) is 2. The van der Waals surface area contributed by atoms with Crippen molar-refractivity contribution in [1.29, 1.82) is 0 Å². The Kier molecular flexibility index (Phi) is 4.15. The number of nitrogens with zero attached hydrogens (tertiary/aromatic N) is 2. The summed E-state index contributed by atoms with van der Waals surface area (Å²) in [5, 5.41) is 0. The minimum Gasteiger partial charge on any atom is -0.301 e. The third-order valence-electron chi connectivity index (χ3n) is 6.05. The lowest BCUT2D eigenvalue weighted by Gasteiger charge is -2.46. The molecule has 3 heteroatoms. The van der Waals surface area contributed by atoms with Crippen molar-refractivity contribution >= 4 is 0 Å². The number of piperidine rings is 1. The third kappa shape index (κ3) is 2.76. The summed E-state index contributed by atoms with van der Waals surface area (Å²) in [5.41, 5.74) is 3.00. The van der Waals surface area contributed by atoms with Crippen molar-refractivity contribution in [3.8, 4) is 0 Å². The SMILES string of the molecule is CN1CC[C@]2(c3ccccc3)CCN(Cc3ccc(F)cc3)C[C@@H]12. The Morgan fingerprint density at radius 1 is 1.00 bits per heavy atom. The fraction of sp³-hybridized carbons (Fsp3) is 0.429. The Bertz CT molecular complexity index is 685. The zero-order chi connectivity index (χ0) is 16.6. The van der Waals surface area contributed by atoms with E-state index >= 15 is 0 Å². The zero-order valence-corrected chi connectivity index (χ0v) is 14.3. The maximum Gasteiger partial charge on any atom is 0.123 e. The molecular weight excluding hydrogens is 299 g/mol. The molecule has 0 unspecified atom stereocenters. The summed E-state index contributed by atoms with van der Waals surface area (Å²) in [6.45, 7) is 4.28. The molecule has 0 bridgehead atoms. The molecule has 0 radical (unpaired) electrons. The smallest absolute Gasteiger partial charge is 0.123 e. The third-order valence-corrected chi connectivity index (χ3v) is 6.05. The van der Waals surface area contributed by atoms with Crippen LogP contribution >= 0.6 is 0 Å². The predicted octanol–water partition coefficient (Wildman–Crippen LogP) is 3.67. The summed E-state index contributed by atoms with van der Waals surface area (Å²) in [7, 11) is 2.26. The van der Waals surface area contributed by atoms with Crippen LogP contribution in [0.5, 0.6) is 0 Å². The molecule has 24 heavy (non-hydrogen) atoms. The van der Waals surface area contributed by atoms with E-state index in [0.717, 1.165) is 19.6 Å². The van der Waals surface area contributed by atoms with Gasteiger partial charge in [-0.3, -0.25) is 4.90 Å². The maximum atomic E-state index is 13.1. The highest BCUT2D eigenvalue weighted by Crippen LogP contribution is 2.45. The lowest BCUT2D eigenvalue weighted by atomic mass is 9.69. The van der Waals surface area contributed by atoms with E-state index < -0.39 is 0 Å².